The van der Waals surface area contributed by atoms with Crippen LogP contribution in [-0.2, 0) is 13.0 Å². The van der Waals surface area contributed by atoms with Crippen molar-refractivity contribution in [3.8, 4) is 0 Å². The SMILES string of the molecule is Nc1cc(Cl)c(Cl)cc1N1CCCc2ccccc2C1. The van der Waals surface area contributed by atoms with Crippen molar-refractivity contribution in [1.29, 1.82) is 0 Å². The Morgan fingerprint density at radius 3 is 2.50 bits per heavy atom. The molecular formula is C16H16Cl2N2. The summed E-state index contributed by atoms with van der Waals surface area (Å²) >= 11 is 12.1. The molecule has 0 radical (unpaired) electrons. The summed E-state index contributed by atoms with van der Waals surface area (Å²) in [5.74, 6) is 0. The number of nitrogen functional groups attached to an aromatic ring is 1. The van der Waals surface area contributed by atoms with E-state index >= 15 is 0 Å². The maximum atomic E-state index is 6.13. The Kier molecular flexibility index (Phi) is 3.77. The van der Waals surface area contributed by atoms with Gasteiger partial charge >= 0.3 is 0 Å². The van der Waals surface area contributed by atoms with Crippen molar-refractivity contribution in [3.05, 3.63) is 57.6 Å². The molecule has 2 aromatic rings. The van der Waals surface area contributed by atoms with Crippen molar-refractivity contribution < 1.29 is 0 Å². The van der Waals surface area contributed by atoms with E-state index in [1.165, 1.54) is 11.1 Å². The van der Waals surface area contributed by atoms with Gasteiger partial charge in [-0.05, 0) is 36.1 Å². The van der Waals surface area contributed by atoms with Gasteiger partial charge in [0.2, 0.25) is 0 Å². The molecule has 0 saturated carbocycles. The van der Waals surface area contributed by atoms with Crippen LogP contribution >= 0.6 is 23.2 Å². The Labute approximate surface area is 129 Å². The van der Waals surface area contributed by atoms with Gasteiger partial charge in [0.05, 0.1) is 21.4 Å². The Bertz CT molecular complexity index is 640. The predicted octanol–water partition coefficient (Wildman–Crippen LogP) is 4.53. The molecular weight excluding hydrogens is 291 g/mol. The maximum absolute atomic E-state index is 6.13. The number of aryl methyl sites for hydroxylation is 1. The fourth-order valence-corrected chi connectivity index (χ4v) is 3.06. The number of benzene rings is 2. The molecule has 2 aromatic carbocycles. The Balaban J connectivity index is 1.97. The highest BCUT2D eigenvalue weighted by molar-refractivity contribution is 6.42. The third-order valence-electron chi connectivity index (χ3n) is 3.76. The molecule has 0 aromatic heterocycles. The third kappa shape index (κ3) is 2.58. The molecule has 0 bridgehead atoms. The predicted molar refractivity (Wildman–Crippen MR) is 86.7 cm³/mol. The van der Waals surface area contributed by atoms with E-state index in [4.69, 9.17) is 28.9 Å². The Morgan fingerprint density at radius 1 is 1.00 bits per heavy atom. The highest BCUT2D eigenvalue weighted by Crippen LogP contribution is 2.35. The molecule has 4 heteroatoms. The summed E-state index contributed by atoms with van der Waals surface area (Å²) in [6.45, 7) is 1.83. The fraction of sp³-hybridized carbons (Fsp3) is 0.250. The van der Waals surface area contributed by atoms with Crippen molar-refractivity contribution in [2.45, 2.75) is 19.4 Å². The molecule has 3 rings (SSSR count). The molecule has 20 heavy (non-hydrogen) atoms. The van der Waals surface area contributed by atoms with Crippen molar-refractivity contribution >= 4 is 34.6 Å². The molecule has 0 fully saturated rings. The normalized spacial score (nSPS) is 14.8. The summed E-state index contributed by atoms with van der Waals surface area (Å²) in [5.41, 5.74) is 10.5. The molecule has 0 saturated heterocycles. The van der Waals surface area contributed by atoms with Gasteiger partial charge in [-0.1, -0.05) is 47.5 Å². The van der Waals surface area contributed by atoms with Crippen LogP contribution in [-0.4, -0.2) is 6.54 Å². The zero-order valence-corrected chi connectivity index (χ0v) is 12.6. The molecule has 2 nitrogen and oxygen atoms in total. The van der Waals surface area contributed by atoms with Gasteiger partial charge in [0.25, 0.3) is 0 Å². The minimum atomic E-state index is 0.503. The van der Waals surface area contributed by atoms with E-state index in [-0.39, 0.29) is 0 Å². The summed E-state index contributed by atoms with van der Waals surface area (Å²) in [6.07, 6.45) is 2.21. The Morgan fingerprint density at radius 2 is 1.70 bits per heavy atom. The third-order valence-corrected chi connectivity index (χ3v) is 4.49. The molecule has 1 aliphatic heterocycles. The van der Waals surface area contributed by atoms with E-state index in [2.05, 4.69) is 29.2 Å². The summed E-state index contributed by atoms with van der Waals surface area (Å²) in [4.78, 5) is 2.28. The molecule has 0 aliphatic carbocycles. The molecule has 0 atom stereocenters. The van der Waals surface area contributed by atoms with Crippen LogP contribution < -0.4 is 10.6 Å². The van der Waals surface area contributed by atoms with Crippen molar-refractivity contribution in [1.82, 2.24) is 0 Å². The van der Waals surface area contributed by atoms with Crippen LogP contribution in [0.3, 0.4) is 0 Å². The van der Waals surface area contributed by atoms with Crippen LogP contribution in [0.15, 0.2) is 36.4 Å². The zero-order valence-electron chi connectivity index (χ0n) is 11.1. The first-order valence-corrected chi connectivity index (χ1v) is 7.47. The summed E-state index contributed by atoms with van der Waals surface area (Å²) in [6, 6.07) is 12.2. The number of nitrogens with zero attached hydrogens (tertiary/aromatic N) is 1. The standard InChI is InChI=1S/C16H16Cl2N2/c17-13-8-15(19)16(9-14(13)18)20-7-3-6-11-4-1-2-5-12(11)10-20/h1-2,4-5,8-9H,3,6-7,10,19H2. The minimum Gasteiger partial charge on any atom is -0.397 e. The lowest BCUT2D eigenvalue weighted by molar-refractivity contribution is 0.767. The van der Waals surface area contributed by atoms with Gasteiger partial charge in [-0.2, -0.15) is 0 Å². The molecule has 1 heterocycles. The van der Waals surface area contributed by atoms with E-state index in [0.29, 0.717) is 15.7 Å². The van der Waals surface area contributed by atoms with Gasteiger partial charge < -0.3 is 10.6 Å². The highest BCUT2D eigenvalue weighted by atomic mass is 35.5. The molecule has 2 N–H and O–H groups in total. The molecule has 104 valence electrons. The van der Waals surface area contributed by atoms with Crippen LogP contribution in [0.2, 0.25) is 10.0 Å². The van der Waals surface area contributed by atoms with Gasteiger partial charge in [-0.3, -0.25) is 0 Å². The quantitative estimate of drug-likeness (QED) is 0.784. The maximum Gasteiger partial charge on any atom is 0.0618 e. The largest absolute Gasteiger partial charge is 0.397 e. The topological polar surface area (TPSA) is 29.3 Å². The first-order chi connectivity index (χ1) is 9.65. The van der Waals surface area contributed by atoms with Gasteiger partial charge in [-0.25, -0.2) is 0 Å². The number of fused-ring (bicyclic) bond motifs is 1. The van der Waals surface area contributed by atoms with Gasteiger partial charge in [0.15, 0.2) is 0 Å². The summed E-state index contributed by atoms with van der Waals surface area (Å²) in [7, 11) is 0. The second kappa shape index (κ2) is 5.55. The van der Waals surface area contributed by atoms with Gasteiger partial charge in [-0.15, -0.1) is 0 Å². The van der Waals surface area contributed by atoms with E-state index in [1.807, 2.05) is 6.07 Å². The number of halogens is 2. The van der Waals surface area contributed by atoms with E-state index in [0.717, 1.165) is 31.6 Å². The average molecular weight is 307 g/mol. The van der Waals surface area contributed by atoms with Crippen LogP contribution in [0.1, 0.15) is 17.5 Å². The monoisotopic (exact) mass is 306 g/mol. The first kappa shape index (κ1) is 13.6. The number of nitrogens with two attached hydrogens (primary N) is 1. The van der Waals surface area contributed by atoms with Crippen LogP contribution in [0, 0.1) is 0 Å². The Hall–Kier alpha value is -1.38. The van der Waals surface area contributed by atoms with Gasteiger partial charge in [0, 0.05) is 13.1 Å². The van der Waals surface area contributed by atoms with Crippen molar-refractivity contribution in [2.24, 2.45) is 0 Å². The lowest BCUT2D eigenvalue weighted by Gasteiger charge is -2.25. The van der Waals surface area contributed by atoms with Crippen LogP contribution in [0.25, 0.3) is 0 Å². The molecule has 0 amide bonds. The minimum absolute atomic E-state index is 0.503. The number of rotatable bonds is 1. The lowest BCUT2D eigenvalue weighted by Crippen LogP contribution is -2.23. The van der Waals surface area contributed by atoms with Crippen LogP contribution in [0.5, 0.6) is 0 Å². The second-order valence-electron chi connectivity index (χ2n) is 5.12. The first-order valence-electron chi connectivity index (χ1n) is 6.71. The number of hydrogen-bond donors (Lipinski definition) is 1. The van der Waals surface area contributed by atoms with E-state index in [9.17, 15) is 0 Å². The van der Waals surface area contributed by atoms with Crippen LogP contribution in [0.4, 0.5) is 11.4 Å². The number of anilines is 2. The average Bonchev–Trinajstić information content (AvgIpc) is 2.65. The van der Waals surface area contributed by atoms with Gasteiger partial charge in [0.1, 0.15) is 0 Å². The van der Waals surface area contributed by atoms with E-state index in [1.54, 1.807) is 6.07 Å². The smallest absolute Gasteiger partial charge is 0.0618 e. The molecule has 0 unspecified atom stereocenters. The summed E-state index contributed by atoms with van der Waals surface area (Å²) in [5, 5.41) is 1.05. The molecule has 1 aliphatic rings. The van der Waals surface area contributed by atoms with Crippen molar-refractivity contribution in [2.75, 3.05) is 17.2 Å². The van der Waals surface area contributed by atoms with E-state index < -0.39 is 0 Å². The molecule has 0 spiro atoms. The fourth-order valence-electron chi connectivity index (χ4n) is 2.73. The highest BCUT2D eigenvalue weighted by Gasteiger charge is 2.17. The summed E-state index contributed by atoms with van der Waals surface area (Å²) < 4.78 is 0. The lowest BCUT2D eigenvalue weighted by atomic mass is 10.0. The number of hydrogen-bond acceptors (Lipinski definition) is 2. The second-order valence-corrected chi connectivity index (χ2v) is 5.93. The zero-order chi connectivity index (χ0) is 14.1. The van der Waals surface area contributed by atoms with Crippen molar-refractivity contribution in [3.63, 3.8) is 0 Å².